The molecule has 96 valence electrons. The highest BCUT2D eigenvalue weighted by Crippen LogP contribution is 2.36. The van der Waals surface area contributed by atoms with Crippen LogP contribution in [-0.4, -0.2) is 12.5 Å². The topological polar surface area (TPSA) is 58.4 Å². The van der Waals surface area contributed by atoms with E-state index in [2.05, 4.69) is 5.32 Å². The van der Waals surface area contributed by atoms with E-state index in [0.717, 1.165) is 5.69 Å². The minimum Gasteiger partial charge on any atom is -0.399 e. The molecule has 1 aliphatic heterocycles. The van der Waals surface area contributed by atoms with Crippen LogP contribution in [0.5, 0.6) is 0 Å². The van der Waals surface area contributed by atoms with Crippen molar-refractivity contribution in [3.63, 3.8) is 0 Å². The lowest BCUT2D eigenvalue weighted by Gasteiger charge is -2.31. The molecule has 1 amide bonds. The maximum Gasteiger partial charge on any atom is 0.244 e. The van der Waals surface area contributed by atoms with Crippen LogP contribution in [0.2, 0.25) is 0 Å². The second kappa shape index (κ2) is 4.28. The molecule has 3 rings (SSSR count). The number of benzene rings is 2. The fraction of sp³-hybridized carbons (Fsp3) is 0.0714. The summed E-state index contributed by atoms with van der Waals surface area (Å²) in [6.45, 7) is 0.0812. The van der Waals surface area contributed by atoms with Gasteiger partial charge in [-0.15, -0.1) is 0 Å². The number of fused-ring (bicyclic) bond motifs is 1. The van der Waals surface area contributed by atoms with Gasteiger partial charge in [0.1, 0.15) is 12.4 Å². The predicted octanol–water partition coefficient (Wildman–Crippen LogP) is 2.50. The number of nitrogens with one attached hydrogen (secondary N) is 1. The first kappa shape index (κ1) is 11.5. The van der Waals surface area contributed by atoms with Crippen LogP contribution in [0.15, 0.2) is 42.5 Å². The molecule has 0 radical (unpaired) electrons. The third kappa shape index (κ3) is 1.99. The van der Waals surface area contributed by atoms with Gasteiger partial charge in [-0.05, 0) is 30.3 Å². The Balaban J connectivity index is 2.12. The van der Waals surface area contributed by atoms with E-state index in [4.69, 9.17) is 5.73 Å². The number of carbonyl (C=O) groups is 1. The lowest BCUT2D eigenvalue weighted by molar-refractivity contribution is -0.115. The minimum absolute atomic E-state index is 0.0812. The average molecular weight is 257 g/mol. The molecule has 0 spiro atoms. The van der Waals surface area contributed by atoms with Gasteiger partial charge < -0.3 is 16.0 Å². The Labute approximate surface area is 109 Å². The molecule has 2 aromatic rings. The van der Waals surface area contributed by atoms with Crippen molar-refractivity contribution >= 4 is 28.7 Å². The number of nitrogen functional groups attached to an aromatic ring is 1. The summed E-state index contributed by atoms with van der Waals surface area (Å²) < 4.78 is 14.0. The summed E-state index contributed by atoms with van der Waals surface area (Å²) in [5, 5.41) is 2.76. The van der Waals surface area contributed by atoms with Gasteiger partial charge in [-0.3, -0.25) is 4.79 Å². The van der Waals surface area contributed by atoms with E-state index in [1.807, 2.05) is 18.2 Å². The SMILES string of the molecule is Nc1ccc(N2CC(=O)Nc3ccccc32)c(F)c1. The first-order valence-electron chi connectivity index (χ1n) is 5.86. The predicted molar refractivity (Wildman–Crippen MR) is 72.9 cm³/mol. The smallest absolute Gasteiger partial charge is 0.244 e. The standard InChI is InChI=1S/C14H12FN3O/c15-10-7-9(16)5-6-12(10)18-8-14(19)17-11-3-1-2-4-13(11)18/h1-7H,8,16H2,(H,17,19). The average Bonchev–Trinajstić information content (AvgIpc) is 2.38. The number of hydrogen-bond donors (Lipinski definition) is 2. The van der Waals surface area contributed by atoms with Gasteiger partial charge in [0.25, 0.3) is 0 Å². The van der Waals surface area contributed by atoms with Crippen LogP contribution in [0, 0.1) is 5.82 Å². The number of nitrogens with two attached hydrogens (primary N) is 1. The van der Waals surface area contributed by atoms with Gasteiger partial charge in [0.2, 0.25) is 5.91 Å². The van der Waals surface area contributed by atoms with Gasteiger partial charge in [0.15, 0.2) is 0 Å². The lowest BCUT2D eigenvalue weighted by Crippen LogP contribution is -2.35. The van der Waals surface area contributed by atoms with E-state index in [1.165, 1.54) is 6.07 Å². The molecule has 3 N–H and O–H groups in total. The first-order chi connectivity index (χ1) is 9.15. The van der Waals surface area contributed by atoms with E-state index < -0.39 is 5.82 Å². The highest BCUT2D eigenvalue weighted by atomic mass is 19.1. The van der Waals surface area contributed by atoms with Gasteiger partial charge in [0.05, 0.1) is 17.1 Å². The van der Waals surface area contributed by atoms with Crippen LogP contribution in [0.4, 0.5) is 27.1 Å². The zero-order valence-electron chi connectivity index (χ0n) is 10.1. The van der Waals surface area contributed by atoms with Crippen LogP contribution in [0.1, 0.15) is 0 Å². The van der Waals surface area contributed by atoms with Crippen molar-refractivity contribution in [1.82, 2.24) is 0 Å². The molecule has 0 saturated carbocycles. The molecule has 0 atom stereocenters. The van der Waals surface area contributed by atoms with E-state index in [9.17, 15) is 9.18 Å². The quantitative estimate of drug-likeness (QED) is 0.772. The van der Waals surface area contributed by atoms with E-state index in [0.29, 0.717) is 17.1 Å². The zero-order chi connectivity index (χ0) is 13.4. The Morgan fingerprint density at radius 1 is 1.16 bits per heavy atom. The summed E-state index contributed by atoms with van der Waals surface area (Å²) in [7, 11) is 0. The van der Waals surface area contributed by atoms with Gasteiger partial charge >= 0.3 is 0 Å². The van der Waals surface area contributed by atoms with Crippen LogP contribution < -0.4 is 16.0 Å². The second-order valence-corrected chi connectivity index (χ2v) is 4.36. The maximum absolute atomic E-state index is 14.0. The third-order valence-corrected chi connectivity index (χ3v) is 3.03. The van der Waals surface area contributed by atoms with Crippen LogP contribution in [0.25, 0.3) is 0 Å². The Morgan fingerprint density at radius 3 is 2.74 bits per heavy atom. The largest absolute Gasteiger partial charge is 0.399 e. The molecule has 1 aliphatic rings. The number of hydrogen-bond acceptors (Lipinski definition) is 3. The molecule has 0 aromatic heterocycles. The highest BCUT2D eigenvalue weighted by molar-refractivity contribution is 6.03. The minimum atomic E-state index is -0.440. The zero-order valence-corrected chi connectivity index (χ0v) is 10.1. The lowest BCUT2D eigenvalue weighted by atomic mass is 10.1. The van der Waals surface area contributed by atoms with Crippen molar-refractivity contribution in [2.45, 2.75) is 0 Å². The molecule has 4 nitrogen and oxygen atoms in total. The molecule has 0 fully saturated rings. The van der Waals surface area contributed by atoms with E-state index in [1.54, 1.807) is 23.1 Å². The molecular weight excluding hydrogens is 245 g/mol. The van der Waals surface area contributed by atoms with Crippen molar-refractivity contribution in [1.29, 1.82) is 0 Å². The maximum atomic E-state index is 14.0. The second-order valence-electron chi connectivity index (χ2n) is 4.36. The molecule has 2 aromatic carbocycles. The number of amides is 1. The molecule has 19 heavy (non-hydrogen) atoms. The molecule has 0 bridgehead atoms. The Bertz CT molecular complexity index is 657. The Kier molecular flexibility index (Phi) is 2.59. The summed E-state index contributed by atoms with van der Waals surface area (Å²) >= 11 is 0. The summed E-state index contributed by atoms with van der Waals surface area (Å²) in [4.78, 5) is 13.3. The van der Waals surface area contributed by atoms with Crippen LogP contribution >= 0.6 is 0 Å². The summed E-state index contributed by atoms with van der Waals surface area (Å²) in [6, 6.07) is 11.7. The third-order valence-electron chi connectivity index (χ3n) is 3.03. The van der Waals surface area contributed by atoms with E-state index >= 15 is 0 Å². The number of para-hydroxylation sites is 2. The molecule has 0 aliphatic carbocycles. The van der Waals surface area contributed by atoms with Crippen molar-refractivity contribution in [3.8, 4) is 0 Å². The first-order valence-corrected chi connectivity index (χ1v) is 5.86. The van der Waals surface area contributed by atoms with Crippen LogP contribution in [0.3, 0.4) is 0 Å². The molecular formula is C14H12FN3O. The van der Waals surface area contributed by atoms with Gasteiger partial charge in [-0.2, -0.15) is 0 Å². The summed E-state index contributed by atoms with van der Waals surface area (Å²) in [5.41, 5.74) is 7.69. The van der Waals surface area contributed by atoms with Crippen molar-refractivity contribution in [2.24, 2.45) is 0 Å². The number of halogens is 1. The Morgan fingerprint density at radius 2 is 1.95 bits per heavy atom. The monoisotopic (exact) mass is 257 g/mol. The number of anilines is 4. The highest BCUT2D eigenvalue weighted by Gasteiger charge is 2.24. The number of rotatable bonds is 1. The molecule has 0 unspecified atom stereocenters. The fourth-order valence-corrected chi connectivity index (χ4v) is 2.19. The molecule has 5 heteroatoms. The normalized spacial score (nSPS) is 13.9. The Hall–Kier alpha value is -2.56. The van der Waals surface area contributed by atoms with Crippen molar-refractivity contribution in [3.05, 3.63) is 48.3 Å². The van der Waals surface area contributed by atoms with Gasteiger partial charge in [-0.25, -0.2) is 4.39 Å². The van der Waals surface area contributed by atoms with Gasteiger partial charge in [0, 0.05) is 5.69 Å². The molecule has 1 heterocycles. The fourth-order valence-electron chi connectivity index (χ4n) is 2.19. The summed E-state index contributed by atoms with van der Waals surface area (Å²) in [5.74, 6) is -0.612. The van der Waals surface area contributed by atoms with E-state index in [-0.39, 0.29) is 12.5 Å². The number of nitrogens with zero attached hydrogens (tertiary/aromatic N) is 1. The van der Waals surface area contributed by atoms with Crippen molar-refractivity contribution < 1.29 is 9.18 Å². The van der Waals surface area contributed by atoms with Gasteiger partial charge in [-0.1, -0.05) is 12.1 Å². The van der Waals surface area contributed by atoms with Crippen LogP contribution in [-0.2, 0) is 4.79 Å². The molecule has 0 saturated heterocycles. The summed E-state index contributed by atoms with van der Waals surface area (Å²) in [6.07, 6.45) is 0. The number of carbonyl (C=O) groups excluding carboxylic acids is 1. The van der Waals surface area contributed by atoms with Crippen molar-refractivity contribution in [2.75, 3.05) is 22.5 Å².